The highest BCUT2D eigenvalue weighted by Gasteiger charge is 2.28. The number of rotatable bonds is 2. The average molecular weight is 338 g/mol. The molecular weight excluding hydrogens is 320 g/mol. The molecule has 3 aromatic rings. The standard InChI is InChI=1S/C18H18N4OS/c1-11(2)22-18-14(9-20-22)17(24-10-16(23)21-18)13-5-6-15-12(8-13)4-3-7-19-15/h3-9,11,17H,10H2,1-2H3,(H,21,23). The molecule has 1 amide bonds. The molecule has 5 nitrogen and oxygen atoms in total. The van der Waals surface area contributed by atoms with Crippen LogP contribution < -0.4 is 5.32 Å². The van der Waals surface area contributed by atoms with Crippen molar-refractivity contribution in [3.63, 3.8) is 0 Å². The Kier molecular flexibility index (Phi) is 3.76. The van der Waals surface area contributed by atoms with Gasteiger partial charge in [0.2, 0.25) is 5.91 Å². The van der Waals surface area contributed by atoms with Crippen LogP contribution in [-0.2, 0) is 4.79 Å². The van der Waals surface area contributed by atoms with Gasteiger partial charge < -0.3 is 5.32 Å². The lowest BCUT2D eigenvalue weighted by atomic mass is 10.0. The molecule has 122 valence electrons. The molecule has 1 unspecified atom stereocenters. The minimum Gasteiger partial charge on any atom is -0.310 e. The number of carbonyl (C=O) groups is 1. The van der Waals surface area contributed by atoms with E-state index in [1.54, 1.807) is 18.0 Å². The van der Waals surface area contributed by atoms with Gasteiger partial charge >= 0.3 is 0 Å². The first-order valence-electron chi connectivity index (χ1n) is 7.97. The fraction of sp³-hybridized carbons (Fsp3) is 0.278. The summed E-state index contributed by atoms with van der Waals surface area (Å²) in [6, 6.07) is 10.5. The van der Waals surface area contributed by atoms with Crippen LogP contribution in [0.15, 0.2) is 42.7 Å². The number of pyridine rings is 1. The highest BCUT2D eigenvalue weighted by molar-refractivity contribution is 8.00. The zero-order valence-electron chi connectivity index (χ0n) is 13.6. The Labute approximate surface area is 144 Å². The van der Waals surface area contributed by atoms with Gasteiger partial charge in [0.05, 0.1) is 22.7 Å². The number of anilines is 1. The number of nitrogens with zero attached hydrogens (tertiary/aromatic N) is 3. The second-order valence-electron chi connectivity index (χ2n) is 6.18. The molecule has 0 spiro atoms. The Balaban J connectivity index is 1.84. The van der Waals surface area contributed by atoms with Crippen LogP contribution in [0.25, 0.3) is 10.9 Å². The molecular formula is C18H18N4OS. The minimum absolute atomic E-state index is 0.0219. The zero-order chi connectivity index (χ0) is 16.7. The van der Waals surface area contributed by atoms with E-state index in [-0.39, 0.29) is 17.2 Å². The predicted molar refractivity (Wildman–Crippen MR) is 97.3 cm³/mol. The Morgan fingerprint density at radius 3 is 3.04 bits per heavy atom. The van der Waals surface area contributed by atoms with E-state index in [2.05, 4.69) is 47.4 Å². The number of fused-ring (bicyclic) bond motifs is 2. The van der Waals surface area contributed by atoms with Crippen molar-refractivity contribution < 1.29 is 4.79 Å². The summed E-state index contributed by atoms with van der Waals surface area (Å²) in [5, 5.41) is 8.69. The molecule has 1 aromatic carbocycles. The van der Waals surface area contributed by atoms with Gasteiger partial charge in [0.25, 0.3) is 0 Å². The molecule has 0 bridgehead atoms. The van der Waals surface area contributed by atoms with E-state index in [4.69, 9.17) is 0 Å². The molecule has 0 saturated carbocycles. The summed E-state index contributed by atoms with van der Waals surface area (Å²) < 4.78 is 1.88. The number of hydrogen-bond acceptors (Lipinski definition) is 4. The molecule has 1 N–H and O–H groups in total. The van der Waals surface area contributed by atoms with Gasteiger partial charge in [0, 0.05) is 23.2 Å². The van der Waals surface area contributed by atoms with Gasteiger partial charge in [0.15, 0.2) is 0 Å². The number of amides is 1. The van der Waals surface area contributed by atoms with E-state index in [9.17, 15) is 4.79 Å². The summed E-state index contributed by atoms with van der Waals surface area (Å²) in [6.45, 7) is 4.13. The highest BCUT2D eigenvalue weighted by atomic mass is 32.2. The molecule has 2 aromatic heterocycles. The lowest BCUT2D eigenvalue weighted by Crippen LogP contribution is -2.17. The summed E-state index contributed by atoms with van der Waals surface area (Å²) in [6.07, 6.45) is 3.68. The molecule has 0 saturated heterocycles. The van der Waals surface area contributed by atoms with Crippen LogP contribution in [0.3, 0.4) is 0 Å². The van der Waals surface area contributed by atoms with Crippen molar-refractivity contribution in [2.75, 3.05) is 11.1 Å². The van der Waals surface area contributed by atoms with E-state index in [1.165, 1.54) is 5.56 Å². The maximum atomic E-state index is 12.1. The SMILES string of the molecule is CC(C)n1ncc2c1NC(=O)CSC2c1ccc2ncccc2c1. The van der Waals surface area contributed by atoms with Gasteiger partial charge in [-0.1, -0.05) is 12.1 Å². The van der Waals surface area contributed by atoms with E-state index < -0.39 is 0 Å². The molecule has 3 heterocycles. The van der Waals surface area contributed by atoms with Crippen molar-refractivity contribution in [1.29, 1.82) is 0 Å². The number of thioether (sulfide) groups is 1. The maximum absolute atomic E-state index is 12.1. The van der Waals surface area contributed by atoms with Crippen LogP contribution in [0, 0.1) is 0 Å². The van der Waals surface area contributed by atoms with Crippen LogP contribution >= 0.6 is 11.8 Å². The molecule has 6 heteroatoms. The quantitative estimate of drug-likeness (QED) is 0.772. The number of hydrogen-bond donors (Lipinski definition) is 1. The van der Waals surface area contributed by atoms with Crippen LogP contribution in [0.5, 0.6) is 0 Å². The second kappa shape index (κ2) is 5.94. The first-order valence-corrected chi connectivity index (χ1v) is 9.02. The first-order chi connectivity index (χ1) is 11.6. The van der Waals surface area contributed by atoms with E-state index in [0.717, 1.165) is 22.3 Å². The fourth-order valence-corrected chi connectivity index (χ4v) is 4.12. The van der Waals surface area contributed by atoms with Gasteiger partial charge in [-0.05, 0) is 37.6 Å². The molecule has 0 aliphatic carbocycles. The molecule has 1 atom stereocenters. The monoisotopic (exact) mass is 338 g/mol. The zero-order valence-corrected chi connectivity index (χ0v) is 14.4. The van der Waals surface area contributed by atoms with E-state index >= 15 is 0 Å². The summed E-state index contributed by atoms with van der Waals surface area (Å²) in [5.41, 5.74) is 3.21. The topological polar surface area (TPSA) is 59.8 Å². The molecule has 1 aliphatic heterocycles. The first kappa shape index (κ1) is 15.2. The normalized spacial score (nSPS) is 17.6. The van der Waals surface area contributed by atoms with Crippen LogP contribution in [-0.4, -0.2) is 26.4 Å². The van der Waals surface area contributed by atoms with Crippen molar-refractivity contribution in [3.05, 3.63) is 53.9 Å². The van der Waals surface area contributed by atoms with Gasteiger partial charge in [-0.3, -0.25) is 9.78 Å². The third kappa shape index (κ3) is 2.57. The minimum atomic E-state index is 0.0219. The summed E-state index contributed by atoms with van der Waals surface area (Å²) in [4.78, 5) is 16.5. The van der Waals surface area contributed by atoms with Crippen molar-refractivity contribution in [2.45, 2.75) is 25.1 Å². The summed E-state index contributed by atoms with van der Waals surface area (Å²) in [5.74, 6) is 1.27. The molecule has 4 rings (SSSR count). The largest absolute Gasteiger partial charge is 0.310 e. The predicted octanol–water partition coefficient (Wildman–Crippen LogP) is 3.79. The number of benzene rings is 1. The Morgan fingerprint density at radius 1 is 1.33 bits per heavy atom. The van der Waals surface area contributed by atoms with Crippen LogP contribution in [0.1, 0.15) is 36.3 Å². The van der Waals surface area contributed by atoms with Crippen molar-refractivity contribution in [3.8, 4) is 0 Å². The van der Waals surface area contributed by atoms with E-state index in [0.29, 0.717) is 5.75 Å². The lowest BCUT2D eigenvalue weighted by molar-refractivity contribution is -0.113. The van der Waals surface area contributed by atoms with Crippen molar-refractivity contribution in [2.24, 2.45) is 0 Å². The smallest absolute Gasteiger partial charge is 0.235 e. The third-order valence-electron chi connectivity index (χ3n) is 4.16. The number of aromatic nitrogens is 3. The van der Waals surface area contributed by atoms with Crippen molar-refractivity contribution >= 4 is 34.4 Å². The summed E-state index contributed by atoms with van der Waals surface area (Å²) >= 11 is 1.64. The van der Waals surface area contributed by atoms with Gasteiger partial charge in [0.1, 0.15) is 5.82 Å². The molecule has 0 radical (unpaired) electrons. The lowest BCUT2D eigenvalue weighted by Gasteiger charge is -2.15. The Bertz CT molecular complexity index is 918. The van der Waals surface area contributed by atoms with Crippen molar-refractivity contribution in [1.82, 2.24) is 14.8 Å². The second-order valence-corrected chi connectivity index (χ2v) is 7.28. The van der Waals surface area contributed by atoms with Gasteiger partial charge in [-0.2, -0.15) is 5.10 Å². The molecule has 1 aliphatic rings. The third-order valence-corrected chi connectivity index (χ3v) is 5.45. The number of nitrogens with one attached hydrogen (secondary N) is 1. The highest BCUT2D eigenvalue weighted by Crippen LogP contribution is 2.42. The van der Waals surface area contributed by atoms with Gasteiger partial charge in [-0.15, -0.1) is 11.8 Å². The van der Waals surface area contributed by atoms with E-state index in [1.807, 2.05) is 23.0 Å². The maximum Gasteiger partial charge on any atom is 0.235 e. The molecule has 0 fully saturated rings. The summed E-state index contributed by atoms with van der Waals surface area (Å²) in [7, 11) is 0. The fourth-order valence-electron chi connectivity index (χ4n) is 3.04. The Morgan fingerprint density at radius 2 is 2.21 bits per heavy atom. The average Bonchev–Trinajstić information content (AvgIpc) is 2.91. The van der Waals surface area contributed by atoms with Crippen LogP contribution in [0.4, 0.5) is 5.82 Å². The number of carbonyl (C=O) groups excluding carboxylic acids is 1. The Hall–Kier alpha value is -2.34. The molecule has 24 heavy (non-hydrogen) atoms. The van der Waals surface area contributed by atoms with Crippen LogP contribution in [0.2, 0.25) is 0 Å². The van der Waals surface area contributed by atoms with Gasteiger partial charge in [-0.25, -0.2) is 4.68 Å².